The van der Waals surface area contributed by atoms with Gasteiger partial charge in [0.15, 0.2) is 0 Å². The van der Waals surface area contributed by atoms with Crippen LogP contribution in [-0.2, 0) is 14.5 Å². The van der Waals surface area contributed by atoms with Crippen LogP contribution in [0.1, 0.15) is 97.8 Å². The predicted octanol–water partition coefficient (Wildman–Crippen LogP) is 6.53. The molecule has 0 N–H and O–H groups in total. The zero-order valence-corrected chi connectivity index (χ0v) is 17.4. The Morgan fingerprint density at radius 3 is 1.85 bits per heavy atom. The Hall–Kier alpha value is -1.13. The molecule has 0 radical (unpaired) electrons. The molecule has 0 saturated heterocycles. The number of unbranched alkanes of at least 4 members (excludes halogenated alkanes) is 8. The summed E-state index contributed by atoms with van der Waals surface area (Å²) in [6.45, 7) is 6.81. The number of carbonyl (C=O) groups excluding carboxylic acids is 1. The molecule has 0 aromatic carbocycles. The van der Waals surface area contributed by atoms with E-state index in [1.165, 1.54) is 44.9 Å². The third-order valence-electron chi connectivity index (χ3n) is 4.04. The van der Waals surface area contributed by atoms with Crippen LogP contribution in [0.4, 0.5) is 0 Å². The molecule has 0 fully saturated rings. The van der Waals surface area contributed by atoms with Crippen molar-refractivity contribution in [3.63, 3.8) is 0 Å². The molecule has 152 valence electrons. The number of nitrogens with zero attached hydrogens (tertiary/aromatic N) is 1. The molecule has 0 atom stereocenters. The molecule has 4 heteroatoms. The number of rotatable bonds is 18. The van der Waals surface area contributed by atoms with Crippen molar-refractivity contribution >= 4 is 5.91 Å². The molecule has 0 rings (SSSR count). The summed E-state index contributed by atoms with van der Waals surface area (Å²) in [5, 5.41) is 1.04. The van der Waals surface area contributed by atoms with Crippen LogP contribution < -0.4 is 0 Å². The summed E-state index contributed by atoms with van der Waals surface area (Å²) in [5.41, 5.74) is 0. The van der Waals surface area contributed by atoms with Gasteiger partial charge in [0.1, 0.15) is 0 Å². The SMILES string of the molecule is CCCCC/C=C\C/C=C\CCCCCCCC(=O)N(OCC)OCC. The highest BCUT2D eigenvalue weighted by Gasteiger charge is 2.13. The van der Waals surface area contributed by atoms with E-state index in [-0.39, 0.29) is 5.91 Å². The summed E-state index contributed by atoms with van der Waals surface area (Å²) in [7, 11) is 0. The fourth-order valence-corrected chi connectivity index (χ4v) is 2.59. The number of hydroxylamine groups is 2. The van der Waals surface area contributed by atoms with Gasteiger partial charge < -0.3 is 0 Å². The van der Waals surface area contributed by atoms with Gasteiger partial charge >= 0.3 is 0 Å². The van der Waals surface area contributed by atoms with E-state index in [1.54, 1.807) is 0 Å². The van der Waals surface area contributed by atoms with E-state index < -0.39 is 0 Å². The zero-order valence-electron chi connectivity index (χ0n) is 17.4. The lowest BCUT2D eigenvalue weighted by Crippen LogP contribution is -2.31. The Bertz CT molecular complexity index is 360. The van der Waals surface area contributed by atoms with Crippen molar-refractivity contribution in [1.82, 2.24) is 5.23 Å². The van der Waals surface area contributed by atoms with Crippen molar-refractivity contribution < 1.29 is 14.5 Å². The second kappa shape index (κ2) is 20.2. The average Bonchev–Trinajstić information content (AvgIpc) is 2.64. The van der Waals surface area contributed by atoms with Crippen LogP contribution in [0.2, 0.25) is 0 Å². The topological polar surface area (TPSA) is 38.8 Å². The first-order chi connectivity index (χ1) is 12.8. The maximum atomic E-state index is 11.9. The third kappa shape index (κ3) is 16.3. The Kier molecular flexibility index (Phi) is 19.3. The molecule has 1 amide bonds. The molecule has 0 aromatic heterocycles. The van der Waals surface area contributed by atoms with Gasteiger partial charge in [0.25, 0.3) is 5.91 Å². The number of allylic oxidation sites excluding steroid dienone is 4. The Morgan fingerprint density at radius 1 is 0.731 bits per heavy atom. The van der Waals surface area contributed by atoms with Gasteiger partial charge in [-0.2, -0.15) is 0 Å². The first-order valence-electron chi connectivity index (χ1n) is 10.6. The van der Waals surface area contributed by atoms with Gasteiger partial charge in [-0.1, -0.05) is 68.6 Å². The summed E-state index contributed by atoms with van der Waals surface area (Å²) in [4.78, 5) is 22.3. The van der Waals surface area contributed by atoms with Gasteiger partial charge in [0.2, 0.25) is 0 Å². The van der Waals surface area contributed by atoms with Crippen LogP contribution in [0.3, 0.4) is 0 Å². The second-order valence-electron chi connectivity index (χ2n) is 6.47. The van der Waals surface area contributed by atoms with E-state index in [0.29, 0.717) is 19.6 Å². The monoisotopic (exact) mass is 367 g/mol. The summed E-state index contributed by atoms with van der Waals surface area (Å²) in [6, 6.07) is 0. The van der Waals surface area contributed by atoms with Gasteiger partial charge in [-0.3, -0.25) is 4.79 Å². The first-order valence-corrected chi connectivity index (χ1v) is 10.6. The normalized spacial score (nSPS) is 11.7. The molecule has 0 spiro atoms. The molecule has 0 aliphatic carbocycles. The van der Waals surface area contributed by atoms with E-state index in [1.807, 2.05) is 13.8 Å². The summed E-state index contributed by atoms with van der Waals surface area (Å²) in [5.74, 6) is -0.0839. The van der Waals surface area contributed by atoms with Crippen molar-refractivity contribution in [2.45, 2.75) is 97.8 Å². The lowest BCUT2D eigenvalue weighted by Gasteiger charge is -2.18. The maximum absolute atomic E-state index is 11.9. The van der Waals surface area contributed by atoms with Crippen molar-refractivity contribution in [3.8, 4) is 0 Å². The molecule has 0 heterocycles. The van der Waals surface area contributed by atoms with Crippen LogP contribution >= 0.6 is 0 Å². The van der Waals surface area contributed by atoms with Crippen molar-refractivity contribution in [1.29, 1.82) is 0 Å². The highest BCUT2D eigenvalue weighted by molar-refractivity contribution is 5.73. The molecule has 0 aromatic rings. The highest BCUT2D eigenvalue weighted by Crippen LogP contribution is 2.10. The maximum Gasteiger partial charge on any atom is 0.273 e. The van der Waals surface area contributed by atoms with Crippen molar-refractivity contribution in [2.75, 3.05) is 13.2 Å². The third-order valence-corrected chi connectivity index (χ3v) is 4.04. The van der Waals surface area contributed by atoms with Crippen molar-refractivity contribution in [3.05, 3.63) is 24.3 Å². The zero-order chi connectivity index (χ0) is 19.3. The second-order valence-corrected chi connectivity index (χ2v) is 6.47. The fourth-order valence-electron chi connectivity index (χ4n) is 2.59. The lowest BCUT2D eigenvalue weighted by molar-refractivity contribution is -0.338. The molecule has 0 unspecified atom stereocenters. The van der Waals surface area contributed by atoms with E-state index in [0.717, 1.165) is 30.9 Å². The van der Waals surface area contributed by atoms with E-state index in [9.17, 15) is 4.79 Å². The first kappa shape index (κ1) is 24.9. The van der Waals surface area contributed by atoms with Gasteiger partial charge in [-0.05, 0) is 52.4 Å². The minimum absolute atomic E-state index is 0.0839. The molecular weight excluding hydrogens is 326 g/mol. The summed E-state index contributed by atoms with van der Waals surface area (Å²) in [6.07, 6.45) is 22.6. The molecule has 0 aliphatic rings. The van der Waals surface area contributed by atoms with Crippen LogP contribution in [0.15, 0.2) is 24.3 Å². The van der Waals surface area contributed by atoms with Gasteiger partial charge in [-0.25, -0.2) is 9.68 Å². The lowest BCUT2D eigenvalue weighted by atomic mass is 10.1. The largest absolute Gasteiger partial charge is 0.273 e. The van der Waals surface area contributed by atoms with Crippen molar-refractivity contribution in [2.24, 2.45) is 0 Å². The van der Waals surface area contributed by atoms with Crippen LogP contribution in [-0.4, -0.2) is 24.3 Å². The number of carbonyl (C=O) groups is 1. The average molecular weight is 368 g/mol. The number of hydrogen-bond donors (Lipinski definition) is 0. The van der Waals surface area contributed by atoms with Crippen LogP contribution in [0.25, 0.3) is 0 Å². The minimum atomic E-state index is -0.0839. The number of amides is 1. The van der Waals surface area contributed by atoms with E-state index in [4.69, 9.17) is 9.68 Å². The Labute approximate surface area is 161 Å². The predicted molar refractivity (Wildman–Crippen MR) is 109 cm³/mol. The molecule has 0 saturated carbocycles. The quantitative estimate of drug-likeness (QED) is 0.157. The van der Waals surface area contributed by atoms with Gasteiger partial charge in [-0.15, -0.1) is 0 Å². The van der Waals surface area contributed by atoms with Crippen LogP contribution in [0.5, 0.6) is 0 Å². The Balaban J connectivity index is 3.47. The molecular formula is C22H41NO3. The van der Waals surface area contributed by atoms with E-state index >= 15 is 0 Å². The molecule has 0 bridgehead atoms. The number of hydrogen-bond acceptors (Lipinski definition) is 3. The fraction of sp³-hybridized carbons (Fsp3) is 0.773. The van der Waals surface area contributed by atoms with Gasteiger partial charge in [0, 0.05) is 6.42 Å². The highest BCUT2D eigenvalue weighted by atomic mass is 17.0. The minimum Gasteiger partial charge on any atom is -0.270 e. The summed E-state index contributed by atoms with van der Waals surface area (Å²) >= 11 is 0. The van der Waals surface area contributed by atoms with E-state index in [2.05, 4.69) is 31.2 Å². The molecule has 26 heavy (non-hydrogen) atoms. The molecule has 0 aliphatic heterocycles. The van der Waals surface area contributed by atoms with Gasteiger partial charge in [0.05, 0.1) is 13.2 Å². The standard InChI is InChI=1S/C22H41NO3/c1-4-7-8-9-10-11-12-13-14-15-16-17-18-19-20-21-22(24)23(25-5-2)26-6-3/h10-11,13-14H,4-9,12,15-21H2,1-3H3/b11-10-,14-13-. The molecule has 4 nitrogen and oxygen atoms in total. The Morgan fingerprint density at radius 2 is 1.27 bits per heavy atom. The van der Waals surface area contributed by atoms with Crippen LogP contribution in [0, 0.1) is 0 Å². The summed E-state index contributed by atoms with van der Waals surface area (Å²) < 4.78 is 0. The smallest absolute Gasteiger partial charge is 0.270 e.